The molecule has 4 unspecified atom stereocenters. The number of hydrogen-bond acceptors (Lipinski definition) is 0. The summed E-state index contributed by atoms with van der Waals surface area (Å²) in [6.45, 7) is 0. The Bertz CT molecular complexity index is 431. The van der Waals surface area contributed by atoms with Gasteiger partial charge in [-0.25, -0.2) is 4.39 Å². The van der Waals surface area contributed by atoms with Gasteiger partial charge in [0.1, 0.15) is 5.82 Å². The van der Waals surface area contributed by atoms with Gasteiger partial charge in [0.2, 0.25) is 0 Å². The fourth-order valence-electron chi connectivity index (χ4n) is 4.29. The highest BCUT2D eigenvalue weighted by molar-refractivity contribution is 9.09. The van der Waals surface area contributed by atoms with E-state index in [1.165, 1.54) is 38.2 Å². The predicted molar refractivity (Wildman–Crippen MR) is 80.9 cm³/mol. The lowest BCUT2D eigenvalue weighted by Gasteiger charge is -2.26. The van der Waals surface area contributed by atoms with Crippen LogP contribution in [0.3, 0.4) is 0 Å². The van der Waals surface area contributed by atoms with E-state index in [-0.39, 0.29) is 5.82 Å². The smallest absolute Gasteiger partial charge is 0.123 e. The lowest BCUT2D eigenvalue weighted by Crippen LogP contribution is -2.17. The topological polar surface area (TPSA) is 0 Å². The van der Waals surface area contributed by atoms with E-state index in [4.69, 9.17) is 0 Å². The second-order valence-corrected chi connectivity index (χ2v) is 7.17. The molecular weight excluding hydrogens is 303 g/mol. The first-order chi connectivity index (χ1) is 9.24. The maximum absolute atomic E-state index is 13.2. The van der Waals surface area contributed by atoms with Crippen molar-refractivity contribution in [2.45, 2.75) is 38.5 Å². The molecule has 104 valence electrons. The van der Waals surface area contributed by atoms with Gasteiger partial charge in [-0.3, -0.25) is 0 Å². The summed E-state index contributed by atoms with van der Waals surface area (Å²) in [5.41, 5.74) is 1.15. The largest absolute Gasteiger partial charge is 0.207 e. The van der Waals surface area contributed by atoms with E-state index in [1.807, 2.05) is 6.07 Å². The maximum Gasteiger partial charge on any atom is 0.123 e. The molecule has 0 N–H and O–H groups in total. The highest BCUT2D eigenvalue weighted by Gasteiger charge is 2.39. The van der Waals surface area contributed by atoms with Gasteiger partial charge in [0, 0.05) is 5.33 Å². The molecule has 2 bridgehead atoms. The van der Waals surface area contributed by atoms with Crippen LogP contribution in [0.4, 0.5) is 4.39 Å². The minimum atomic E-state index is -0.106. The van der Waals surface area contributed by atoms with E-state index >= 15 is 0 Å². The quantitative estimate of drug-likeness (QED) is 0.652. The lowest BCUT2D eigenvalue weighted by molar-refractivity contribution is 0.277. The van der Waals surface area contributed by atoms with Crippen molar-refractivity contribution in [1.82, 2.24) is 0 Å². The Labute approximate surface area is 123 Å². The molecule has 2 heteroatoms. The molecule has 1 aromatic rings. The third kappa shape index (κ3) is 3.21. The van der Waals surface area contributed by atoms with Crippen molar-refractivity contribution in [3.63, 3.8) is 0 Å². The van der Waals surface area contributed by atoms with Gasteiger partial charge >= 0.3 is 0 Å². The van der Waals surface area contributed by atoms with Crippen molar-refractivity contribution in [3.05, 3.63) is 35.6 Å². The molecular formula is C17H22BrF. The summed E-state index contributed by atoms with van der Waals surface area (Å²) >= 11 is 3.66. The first kappa shape index (κ1) is 13.6. The average Bonchev–Trinajstić information content (AvgIpc) is 3.00. The van der Waals surface area contributed by atoms with Crippen molar-refractivity contribution in [3.8, 4) is 0 Å². The molecule has 0 aliphatic heterocycles. The number of rotatable bonds is 5. The summed E-state index contributed by atoms with van der Waals surface area (Å²) < 4.78 is 13.2. The van der Waals surface area contributed by atoms with Crippen molar-refractivity contribution >= 4 is 15.9 Å². The summed E-state index contributed by atoms with van der Waals surface area (Å²) in [6, 6.07) is 7.10. The minimum Gasteiger partial charge on any atom is -0.207 e. The van der Waals surface area contributed by atoms with Crippen LogP contribution in [0.25, 0.3) is 0 Å². The zero-order valence-electron chi connectivity index (χ0n) is 11.3. The Morgan fingerprint density at radius 3 is 2.79 bits per heavy atom. The Hall–Kier alpha value is -0.370. The van der Waals surface area contributed by atoms with E-state index in [1.54, 1.807) is 6.07 Å². The summed E-state index contributed by atoms with van der Waals surface area (Å²) in [5, 5.41) is 1.04. The van der Waals surface area contributed by atoms with Gasteiger partial charge in [-0.2, -0.15) is 0 Å². The summed E-state index contributed by atoms with van der Waals surface area (Å²) in [6.07, 6.45) is 8.21. The minimum absolute atomic E-state index is 0.106. The van der Waals surface area contributed by atoms with Crippen LogP contribution >= 0.6 is 15.9 Å². The Morgan fingerprint density at radius 2 is 2.16 bits per heavy atom. The number of halogens is 2. The molecule has 0 amide bonds. The van der Waals surface area contributed by atoms with Crippen molar-refractivity contribution < 1.29 is 4.39 Å². The van der Waals surface area contributed by atoms with Gasteiger partial charge in [0.05, 0.1) is 0 Å². The molecule has 0 saturated heterocycles. The Kier molecular flexibility index (Phi) is 4.26. The van der Waals surface area contributed by atoms with E-state index in [0.717, 1.165) is 35.1 Å². The second kappa shape index (κ2) is 5.95. The first-order valence-corrected chi connectivity index (χ1v) is 8.67. The van der Waals surface area contributed by atoms with Crippen LogP contribution < -0.4 is 0 Å². The number of alkyl halides is 1. The van der Waals surface area contributed by atoms with Gasteiger partial charge in [-0.15, -0.1) is 0 Å². The molecule has 2 aliphatic carbocycles. The second-order valence-electron chi connectivity index (χ2n) is 6.53. The van der Waals surface area contributed by atoms with Crippen LogP contribution in [0, 0.1) is 29.5 Å². The molecule has 3 rings (SSSR count). The molecule has 0 heterocycles. The van der Waals surface area contributed by atoms with Crippen LogP contribution in [-0.4, -0.2) is 5.33 Å². The van der Waals surface area contributed by atoms with Gasteiger partial charge in [-0.05, 0) is 73.5 Å². The predicted octanol–water partition coefficient (Wildman–Crippen LogP) is 5.21. The van der Waals surface area contributed by atoms with Gasteiger partial charge in [-0.1, -0.05) is 34.5 Å². The molecule has 0 aromatic heterocycles. The zero-order chi connectivity index (χ0) is 13.2. The third-order valence-corrected chi connectivity index (χ3v) is 6.07. The molecule has 2 fully saturated rings. The van der Waals surface area contributed by atoms with Gasteiger partial charge < -0.3 is 0 Å². The molecule has 19 heavy (non-hydrogen) atoms. The Morgan fingerprint density at radius 1 is 1.26 bits per heavy atom. The van der Waals surface area contributed by atoms with Crippen molar-refractivity contribution in [2.75, 3.05) is 5.33 Å². The normalized spacial score (nSPS) is 30.7. The van der Waals surface area contributed by atoms with Crippen LogP contribution in [0.1, 0.15) is 37.7 Å². The number of benzene rings is 1. The molecule has 4 atom stereocenters. The van der Waals surface area contributed by atoms with Crippen LogP contribution in [-0.2, 0) is 6.42 Å². The standard InChI is InChI=1S/C17H22BrF/c18-11-14(6-12-2-1-3-17(19)10-12)9-16-8-13-4-5-15(16)7-13/h1-3,10,13-16H,4-9,11H2. The van der Waals surface area contributed by atoms with Crippen LogP contribution in [0.2, 0.25) is 0 Å². The number of fused-ring (bicyclic) bond motifs is 2. The Balaban J connectivity index is 1.59. The molecule has 1 aromatic carbocycles. The summed E-state index contributed by atoms with van der Waals surface area (Å²) in [5.74, 6) is 3.52. The van der Waals surface area contributed by atoms with E-state index in [2.05, 4.69) is 22.0 Å². The summed E-state index contributed by atoms with van der Waals surface area (Å²) in [7, 11) is 0. The van der Waals surface area contributed by atoms with E-state index in [9.17, 15) is 4.39 Å². The SMILES string of the molecule is Fc1cccc(CC(CBr)CC2CC3CCC2C3)c1. The van der Waals surface area contributed by atoms with E-state index < -0.39 is 0 Å². The van der Waals surface area contributed by atoms with Crippen LogP contribution in [0.15, 0.2) is 24.3 Å². The third-order valence-electron chi connectivity index (χ3n) is 5.15. The fourth-order valence-corrected chi connectivity index (χ4v) is 4.78. The molecule has 0 spiro atoms. The highest BCUT2D eigenvalue weighted by Crippen LogP contribution is 2.50. The first-order valence-electron chi connectivity index (χ1n) is 7.55. The van der Waals surface area contributed by atoms with Crippen molar-refractivity contribution in [1.29, 1.82) is 0 Å². The average molecular weight is 325 g/mol. The maximum atomic E-state index is 13.2. The van der Waals surface area contributed by atoms with Gasteiger partial charge in [0.25, 0.3) is 0 Å². The van der Waals surface area contributed by atoms with E-state index in [0.29, 0.717) is 5.92 Å². The summed E-state index contributed by atoms with van der Waals surface area (Å²) in [4.78, 5) is 0. The zero-order valence-corrected chi connectivity index (χ0v) is 12.9. The fraction of sp³-hybridized carbons (Fsp3) is 0.647. The monoisotopic (exact) mass is 324 g/mol. The molecule has 2 aliphatic rings. The molecule has 2 saturated carbocycles. The lowest BCUT2D eigenvalue weighted by atomic mass is 9.81. The molecule has 0 nitrogen and oxygen atoms in total. The van der Waals surface area contributed by atoms with Crippen LogP contribution in [0.5, 0.6) is 0 Å². The number of hydrogen-bond donors (Lipinski definition) is 0. The van der Waals surface area contributed by atoms with Gasteiger partial charge in [0.15, 0.2) is 0 Å². The van der Waals surface area contributed by atoms with Crippen molar-refractivity contribution in [2.24, 2.45) is 23.7 Å². The highest BCUT2D eigenvalue weighted by atomic mass is 79.9. The molecule has 0 radical (unpaired) electrons.